The Balaban J connectivity index is 2.06. The van der Waals surface area contributed by atoms with Crippen LogP contribution in [0.3, 0.4) is 0 Å². The first kappa shape index (κ1) is 13.6. The van der Waals surface area contributed by atoms with Gasteiger partial charge in [-0.25, -0.2) is 0 Å². The highest BCUT2D eigenvalue weighted by Gasteiger charge is 2.24. The maximum atomic E-state index is 12.2. The Kier molecular flexibility index (Phi) is 4.59. The molecule has 3 nitrogen and oxygen atoms in total. The van der Waals surface area contributed by atoms with Crippen LogP contribution in [0.15, 0.2) is 24.3 Å². The first-order chi connectivity index (χ1) is 9.24. The van der Waals surface area contributed by atoms with E-state index in [9.17, 15) is 4.79 Å². The lowest BCUT2D eigenvalue weighted by Crippen LogP contribution is -2.44. The lowest BCUT2D eigenvalue weighted by Gasteiger charge is -2.19. The summed E-state index contributed by atoms with van der Waals surface area (Å²) < 4.78 is 0. The van der Waals surface area contributed by atoms with E-state index in [4.69, 9.17) is 6.42 Å². The van der Waals surface area contributed by atoms with Crippen LogP contribution in [-0.2, 0) is 11.2 Å². The number of para-hydroxylation sites is 1. The number of amides is 1. The van der Waals surface area contributed by atoms with Gasteiger partial charge in [0.2, 0.25) is 5.91 Å². The quantitative estimate of drug-likeness (QED) is 0.812. The van der Waals surface area contributed by atoms with E-state index in [0.29, 0.717) is 0 Å². The van der Waals surface area contributed by atoms with Crippen molar-refractivity contribution in [2.45, 2.75) is 44.7 Å². The van der Waals surface area contributed by atoms with Gasteiger partial charge in [0.15, 0.2) is 0 Å². The summed E-state index contributed by atoms with van der Waals surface area (Å²) in [5.74, 6) is 2.74. The minimum Gasteiger partial charge on any atom is -0.324 e. The minimum absolute atomic E-state index is 0.0151. The second-order valence-corrected chi connectivity index (χ2v) is 4.91. The largest absolute Gasteiger partial charge is 0.324 e. The van der Waals surface area contributed by atoms with E-state index in [0.717, 1.165) is 31.4 Å². The number of hydrogen-bond donors (Lipinski definition) is 2. The Labute approximate surface area is 114 Å². The molecule has 0 radical (unpaired) electrons. The third-order valence-electron chi connectivity index (χ3n) is 3.47. The highest BCUT2D eigenvalue weighted by Crippen LogP contribution is 2.21. The molecular weight excluding hydrogens is 236 g/mol. The molecule has 0 bridgehead atoms. The van der Waals surface area contributed by atoms with Gasteiger partial charge in [0.05, 0.1) is 12.1 Å². The van der Waals surface area contributed by atoms with Gasteiger partial charge in [0.25, 0.3) is 0 Å². The molecule has 0 aliphatic carbocycles. The minimum atomic E-state index is -0.208. The Morgan fingerprint density at radius 3 is 3.05 bits per heavy atom. The number of hydrogen-bond acceptors (Lipinski definition) is 2. The number of carbonyl (C=O) groups is 1. The summed E-state index contributed by atoms with van der Waals surface area (Å²) >= 11 is 0. The molecule has 19 heavy (non-hydrogen) atoms. The number of aryl methyl sites for hydroxylation is 1. The van der Waals surface area contributed by atoms with Crippen LogP contribution in [0.1, 0.15) is 31.7 Å². The summed E-state index contributed by atoms with van der Waals surface area (Å²) in [7, 11) is 0. The van der Waals surface area contributed by atoms with Crippen molar-refractivity contribution < 1.29 is 4.79 Å². The van der Waals surface area contributed by atoms with Crippen LogP contribution in [0, 0.1) is 12.3 Å². The fraction of sp³-hybridized carbons (Fsp3) is 0.438. The summed E-state index contributed by atoms with van der Waals surface area (Å²) in [4.78, 5) is 12.2. The Hall–Kier alpha value is -1.79. The van der Waals surface area contributed by atoms with Crippen molar-refractivity contribution in [1.29, 1.82) is 0 Å². The summed E-state index contributed by atoms with van der Waals surface area (Å²) in [5.41, 5.74) is 2.11. The molecule has 3 heteroatoms. The molecule has 1 aliphatic rings. The molecule has 2 N–H and O–H groups in total. The maximum Gasteiger partial charge on any atom is 0.241 e. The van der Waals surface area contributed by atoms with Gasteiger partial charge in [-0.15, -0.1) is 6.42 Å². The molecule has 1 amide bonds. The van der Waals surface area contributed by atoms with Gasteiger partial charge in [-0.2, -0.15) is 0 Å². The van der Waals surface area contributed by atoms with Gasteiger partial charge >= 0.3 is 0 Å². The fourth-order valence-corrected chi connectivity index (χ4v) is 2.42. The van der Waals surface area contributed by atoms with E-state index >= 15 is 0 Å². The predicted molar refractivity (Wildman–Crippen MR) is 77.8 cm³/mol. The Morgan fingerprint density at radius 2 is 2.32 bits per heavy atom. The highest BCUT2D eigenvalue weighted by atomic mass is 16.2. The van der Waals surface area contributed by atoms with Crippen molar-refractivity contribution in [1.82, 2.24) is 5.32 Å². The number of anilines is 1. The first-order valence-electron chi connectivity index (χ1n) is 6.85. The van der Waals surface area contributed by atoms with Crippen LogP contribution in [0.25, 0.3) is 0 Å². The topological polar surface area (TPSA) is 41.1 Å². The molecule has 0 fully saturated rings. The lowest BCUT2D eigenvalue weighted by molar-refractivity contribution is -0.118. The third-order valence-corrected chi connectivity index (χ3v) is 3.47. The molecule has 1 aromatic carbocycles. The van der Waals surface area contributed by atoms with Crippen LogP contribution in [0.4, 0.5) is 5.69 Å². The van der Waals surface area contributed by atoms with E-state index in [1.807, 2.05) is 18.2 Å². The standard InChI is InChI=1S/C16H20N2O/c1-3-7-13(4-2)17-15-11-10-12-8-5-6-9-14(12)18-16(15)19/h2,5-6,8-9,13,15,17H,3,7,10-11H2,1H3,(H,18,19). The molecule has 2 unspecified atom stereocenters. The monoisotopic (exact) mass is 256 g/mol. The smallest absolute Gasteiger partial charge is 0.241 e. The Morgan fingerprint density at radius 1 is 1.53 bits per heavy atom. The molecule has 0 saturated carbocycles. The van der Waals surface area contributed by atoms with Crippen LogP contribution >= 0.6 is 0 Å². The fourth-order valence-electron chi connectivity index (χ4n) is 2.42. The molecule has 0 spiro atoms. The van der Waals surface area contributed by atoms with Crippen LogP contribution in [0.2, 0.25) is 0 Å². The zero-order valence-electron chi connectivity index (χ0n) is 11.3. The molecule has 1 aliphatic heterocycles. The van der Waals surface area contributed by atoms with Gasteiger partial charge in [-0.3, -0.25) is 10.1 Å². The average molecular weight is 256 g/mol. The van der Waals surface area contributed by atoms with E-state index in [2.05, 4.69) is 29.5 Å². The molecule has 1 heterocycles. The first-order valence-corrected chi connectivity index (χ1v) is 6.85. The van der Waals surface area contributed by atoms with Crippen molar-refractivity contribution in [2.75, 3.05) is 5.32 Å². The molecule has 0 saturated heterocycles. The van der Waals surface area contributed by atoms with Crippen molar-refractivity contribution in [2.24, 2.45) is 0 Å². The molecular formula is C16H20N2O. The van der Waals surface area contributed by atoms with E-state index in [-0.39, 0.29) is 18.0 Å². The summed E-state index contributed by atoms with van der Waals surface area (Å²) in [6.45, 7) is 2.09. The van der Waals surface area contributed by atoms with Crippen molar-refractivity contribution in [3.8, 4) is 12.3 Å². The van der Waals surface area contributed by atoms with Crippen LogP contribution in [-0.4, -0.2) is 18.0 Å². The highest BCUT2D eigenvalue weighted by molar-refractivity contribution is 5.96. The average Bonchev–Trinajstić information content (AvgIpc) is 2.58. The summed E-state index contributed by atoms with van der Waals surface area (Å²) in [6, 6.07) is 7.71. The van der Waals surface area contributed by atoms with Gasteiger partial charge in [0.1, 0.15) is 0 Å². The van der Waals surface area contributed by atoms with E-state index in [1.54, 1.807) is 0 Å². The van der Waals surface area contributed by atoms with Gasteiger partial charge in [-0.05, 0) is 30.9 Å². The summed E-state index contributed by atoms with van der Waals surface area (Å²) in [6.07, 6.45) is 9.07. The zero-order chi connectivity index (χ0) is 13.7. The summed E-state index contributed by atoms with van der Waals surface area (Å²) in [5, 5.41) is 6.26. The van der Waals surface area contributed by atoms with E-state index in [1.165, 1.54) is 5.56 Å². The van der Waals surface area contributed by atoms with E-state index < -0.39 is 0 Å². The SMILES string of the molecule is C#CC(CCC)NC1CCc2ccccc2NC1=O. The van der Waals surface area contributed by atoms with Crippen LogP contribution < -0.4 is 10.6 Å². The lowest BCUT2D eigenvalue weighted by atomic mass is 10.0. The third kappa shape index (κ3) is 3.36. The second kappa shape index (κ2) is 6.40. The normalized spacial score (nSPS) is 19.8. The van der Waals surface area contributed by atoms with Crippen molar-refractivity contribution in [3.05, 3.63) is 29.8 Å². The Bertz CT molecular complexity index is 490. The van der Waals surface area contributed by atoms with Crippen molar-refractivity contribution in [3.63, 3.8) is 0 Å². The zero-order valence-corrected chi connectivity index (χ0v) is 11.3. The number of nitrogens with one attached hydrogen (secondary N) is 2. The van der Waals surface area contributed by atoms with Crippen LogP contribution in [0.5, 0.6) is 0 Å². The maximum absolute atomic E-state index is 12.2. The molecule has 100 valence electrons. The molecule has 1 aromatic rings. The van der Waals surface area contributed by atoms with Gasteiger partial charge in [-0.1, -0.05) is 37.5 Å². The van der Waals surface area contributed by atoms with Crippen molar-refractivity contribution >= 4 is 11.6 Å². The number of terminal acetylenes is 1. The predicted octanol–water partition coefficient (Wildman–Crippen LogP) is 2.33. The number of carbonyl (C=O) groups excluding carboxylic acids is 1. The molecule has 2 rings (SSSR count). The second-order valence-electron chi connectivity index (χ2n) is 4.91. The number of benzene rings is 1. The number of rotatable bonds is 4. The number of fused-ring (bicyclic) bond motifs is 1. The van der Waals surface area contributed by atoms with Gasteiger partial charge < -0.3 is 5.32 Å². The molecule has 0 aromatic heterocycles. The van der Waals surface area contributed by atoms with Gasteiger partial charge in [0, 0.05) is 5.69 Å². The molecule has 2 atom stereocenters.